The molecular formula is C16H15F2NOS. The van der Waals surface area contributed by atoms with E-state index in [0.29, 0.717) is 0 Å². The molecule has 0 bridgehead atoms. The van der Waals surface area contributed by atoms with Crippen LogP contribution in [-0.2, 0) is 4.79 Å². The molecule has 2 rings (SSSR count). The fourth-order valence-corrected chi connectivity index (χ4v) is 2.57. The van der Waals surface area contributed by atoms with E-state index in [1.54, 1.807) is 6.92 Å². The second-order valence-electron chi connectivity index (χ2n) is 4.69. The van der Waals surface area contributed by atoms with Crippen molar-refractivity contribution in [3.63, 3.8) is 0 Å². The first-order valence-corrected chi connectivity index (χ1v) is 7.33. The molecule has 0 aromatic heterocycles. The van der Waals surface area contributed by atoms with Crippen molar-refractivity contribution >= 4 is 23.4 Å². The summed E-state index contributed by atoms with van der Waals surface area (Å²) in [6.07, 6.45) is 0. The van der Waals surface area contributed by atoms with Crippen molar-refractivity contribution in [2.24, 2.45) is 0 Å². The quantitative estimate of drug-likeness (QED) is 0.849. The number of aryl methyl sites for hydroxylation is 1. The number of thioether (sulfide) groups is 1. The van der Waals surface area contributed by atoms with Crippen LogP contribution in [0.1, 0.15) is 12.5 Å². The monoisotopic (exact) mass is 307 g/mol. The maximum atomic E-state index is 13.5. The number of rotatable bonds is 4. The fraction of sp³-hybridized carbons (Fsp3) is 0.188. The molecule has 0 saturated carbocycles. The van der Waals surface area contributed by atoms with E-state index < -0.39 is 16.9 Å². The molecule has 0 aliphatic heterocycles. The number of halogens is 2. The second-order valence-corrected chi connectivity index (χ2v) is 6.10. The first-order valence-electron chi connectivity index (χ1n) is 6.45. The Balaban J connectivity index is 2.00. The van der Waals surface area contributed by atoms with Crippen molar-refractivity contribution in [2.45, 2.75) is 24.0 Å². The maximum absolute atomic E-state index is 13.5. The predicted octanol–water partition coefficient (Wildman–Crippen LogP) is 4.39. The van der Waals surface area contributed by atoms with Gasteiger partial charge in [-0.2, -0.15) is 0 Å². The molecule has 1 unspecified atom stereocenters. The van der Waals surface area contributed by atoms with Crippen LogP contribution in [0.3, 0.4) is 0 Å². The third-order valence-corrected chi connectivity index (χ3v) is 4.00. The molecule has 0 aliphatic carbocycles. The Labute approximate surface area is 126 Å². The van der Waals surface area contributed by atoms with Gasteiger partial charge in [0, 0.05) is 11.0 Å². The first-order chi connectivity index (χ1) is 9.95. The van der Waals surface area contributed by atoms with Gasteiger partial charge in [-0.25, -0.2) is 8.78 Å². The van der Waals surface area contributed by atoms with E-state index in [4.69, 9.17) is 0 Å². The Morgan fingerprint density at radius 1 is 1.14 bits per heavy atom. The average molecular weight is 307 g/mol. The highest BCUT2D eigenvalue weighted by Crippen LogP contribution is 2.25. The molecule has 0 fully saturated rings. The molecular weight excluding hydrogens is 292 g/mol. The zero-order chi connectivity index (χ0) is 15.4. The highest BCUT2D eigenvalue weighted by atomic mass is 32.2. The molecule has 1 atom stereocenters. The zero-order valence-corrected chi connectivity index (χ0v) is 12.5. The minimum absolute atomic E-state index is 0.0160. The number of anilines is 1. The van der Waals surface area contributed by atoms with Crippen LogP contribution < -0.4 is 5.32 Å². The number of amides is 1. The largest absolute Gasteiger partial charge is 0.323 e. The van der Waals surface area contributed by atoms with Gasteiger partial charge in [0.1, 0.15) is 11.6 Å². The van der Waals surface area contributed by atoms with Crippen LogP contribution in [-0.4, -0.2) is 11.2 Å². The lowest BCUT2D eigenvalue weighted by Crippen LogP contribution is -2.23. The summed E-state index contributed by atoms with van der Waals surface area (Å²) >= 11 is 1.38. The van der Waals surface area contributed by atoms with Crippen molar-refractivity contribution in [3.05, 3.63) is 59.7 Å². The molecule has 0 aliphatic rings. The van der Waals surface area contributed by atoms with Crippen molar-refractivity contribution in [3.8, 4) is 0 Å². The summed E-state index contributed by atoms with van der Waals surface area (Å²) in [6, 6.07) is 10.9. The van der Waals surface area contributed by atoms with Gasteiger partial charge in [0.05, 0.1) is 10.9 Å². The normalized spacial score (nSPS) is 12.0. The van der Waals surface area contributed by atoms with E-state index in [2.05, 4.69) is 5.32 Å². The standard InChI is InChI=1S/C16H15F2NOS/c1-10-3-6-13(7-4-10)21-11(2)16(20)19-15-8-5-12(17)9-14(15)18/h3-9,11H,1-2H3,(H,19,20). The van der Waals surface area contributed by atoms with Gasteiger partial charge in [0.2, 0.25) is 5.91 Å². The lowest BCUT2D eigenvalue weighted by atomic mass is 10.2. The number of benzene rings is 2. The van der Waals surface area contributed by atoms with Gasteiger partial charge in [-0.05, 0) is 38.1 Å². The molecule has 2 aromatic rings. The summed E-state index contributed by atoms with van der Waals surface area (Å²) in [5, 5.41) is 2.08. The highest BCUT2D eigenvalue weighted by molar-refractivity contribution is 8.00. The van der Waals surface area contributed by atoms with E-state index in [9.17, 15) is 13.6 Å². The van der Waals surface area contributed by atoms with Gasteiger partial charge in [-0.1, -0.05) is 17.7 Å². The lowest BCUT2D eigenvalue weighted by molar-refractivity contribution is -0.115. The SMILES string of the molecule is Cc1ccc(SC(C)C(=O)Nc2ccc(F)cc2F)cc1. The average Bonchev–Trinajstić information content (AvgIpc) is 2.44. The predicted molar refractivity (Wildman–Crippen MR) is 81.5 cm³/mol. The summed E-state index contributed by atoms with van der Waals surface area (Å²) in [5.41, 5.74) is 1.13. The number of carbonyl (C=O) groups excluding carboxylic acids is 1. The highest BCUT2D eigenvalue weighted by Gasteiger charge is 2.16. The van der Waals surface area contributed by atoms with Crippen LogP contribution in [0, 0.1) is 18.6 Å². The Hall–Kier alpha value is -1.88. The van der Waals surface area contributed by atoms with Crippen molar-refractivity contribution in [1.29, 1.82) is 0 Å². The van der Waals surface area contributed by atoms with E-state index in [-0.39, 0.29) is 11.6 Å². The molecule has 0 spiro atoms. The van der Waals surface area contributed by atoms with Crippen molar-refractivity contribution in [1.82, 2.24) is 0 Å². The van der Waals surface area contributed by atoms with Gasteiger partial charge in [-0.3, -0.25) is 4.79 Å². The molecule has 21 heavy (non-hydrogen) atoms. The maximum Gasteiger partial charge on any atom is 0.237 e. The molecule has 5 heteroatoms. The van der Waals surface area contributed by atoms with Gasteiger partial charge >= 0.3 is 0 Å². The Morgan fingerprint density at radius 2 is 1.81 bits per heavy atom. The smallest absolute Gasteiger partial charge is 0.237 e. The van der Waals surface area contributed by atoms with Crippen LogP contribution in [0.25, 0.3) is 0 Å². The summed E-state index contributed by atoms with van der Waals surface area (Å²) in [4.78, 5) is 13.0. The van der Waals surface area contributed by atoms with Crippen LogP contribution in [0.2, 0.25) is 0 Å². The summed E-state index contributed by atoms with van der Waals surface area (Å²) in [7, 11) is 0. The van der Waals surface area contributed by atoms with Crippen LogP contribution in [0.15, 0.2) is 47.4 Å². The van der Waals surface area contributed by atoms with Gasteiger partial charge in [0.25, 0.3) is 0 Å². The van der Waals surface area contributed by atoms with Gasteiger partial charge < -0.3 is 5.32 Å². The van der Waals surface area contributed by atoms with Crippen LogP contribution >= 0.6 is 11.8 Å². The molecule has 0 heterocycles. The molecule has 110 valence electrons. The molecule has 1 amide bonds. The third-order valence-electron chi connectivity index (χ3n) is 2.89. The third kappa shape index (κ3) is 4.29. The van der Waals surface area contributed by atoms with Gasteiger partial charge in [-0.15, -0.1) is 11.8 Å². The van der Waals surface area contributed by atoms with E-state index in [1.165, 1.54) is 17.8 Å². The van der Waals surface area contributed by atoms with Crippen molar-refractivity contribution < 1.29 is 13.6 Å². The van der Waals surface area contributed by atoms with E-state index in [0.717, 1.165) is 22.6 Å². The lowest BCUT2D eigenvalue weighted by Gasteiger charge is -2.12. The Bertz CT molecular complexity index is 643. The van der Waals surface area contributed by atoms with Crippen LogP contribution in [0.4, 0.5) is 14.5 Å². The molecule has 1 N–H and O–H groups in total. The van der Waals surface area contributed by atoms with Gasteiger partial charge in [0.15, 0.2) is 0 Å². The summed E-state index contributed by atoms with van der Waals surface area (Å²) in [5.74, 6) is -1.78. The number of nitrogens with one attached hydrogen (secondary N) is 1. The van der Waals surface area contributed by atoms with Crippen molar-refractivity contribution in [2.75, 3.05) is 5.32 Å². The minimum atomic E-state index is -0.782. The number of hydrogen-bond donors (Lipinski definition) is 1. The zero-order valence-electron chi connectivity index (χ0n) is 11.7. The van der Waals surface area contributed by atoms with E-state index >= 15 is 0 Å². The number of hydrogen-bond acceptors (Lipinski definition) is 2. The Kier molecular flexibility index (Phi) is 4.96. The summed E-state index contributed by atoms with van der Waals surface area (Å²) in [6.45, 7) is 3.73. The molecule has 0 saturated heterocycles. The Morgan fingerprint density at radius 3 is 2.43 bits per heavy atom. The van der Waals surface area contributed by atoms with E-state index in [1.807, 2.05) is 31.2 Å². The molecule has 2 aromatic carbocycles. The minimum Gasteiger partial charge on any atom is -0.323 e. The van der Waals surface area contributed by atoms with Crippen LogP contribution in [0.5, 0.6) is 0 Å². The first kappa shape index (κ1) is 15.5. The second kappa shape index (κ2) is 6.72. The molecule has 2 nitrogen and oxygen atoms in total. The summed E-state index contributed by atoms with van der Waals surface area (Å²) < 4.78 is 26.3. The topological polar surface area (TPSA) is 29.1 Å². The number of carbonyl (C=O) groups is 1. The fourth-order valence-electron chi connectivity index (χ4n) is 1.70. The molecule has 0 radical (unpaired) electrons.